The molecule has 0 spiro atoms. The van der Waals surface area contributed by atoms with Crippen LogP contribution in [-0.4, -0.2) is 14.5 Å². The summed E-state index contributed by atoms with van der Waals surface area (Å²) in [5, 5.41) is 0. The van der Waals surface area contributed by atoms with Crippen molar-refractivity contribution in [3.8, 4) is 11.5 Å². The number of imidazole rings is 1. The Hall–Kier alpha value is -3.09. The van der Waals surface area contributed by atoms with Gasteiger partial charge in [0, 0.05) is 17.7 Å². The Morgan fingerprint density at radius 1 is 1.00 bits per heavy atom. The fourth-order valence-electron chi connectivity index (χ4n) is 2.46. The first-order valence-electron chi connectivity index (χ1n) is 7.10. The van der Waals surface area contributed by atoms with Gasteiger partial charge in [0.2, 0.25) is 5.89 Å². The molecule has 0 aliphatic carbocycles. The van der Waals surface area contributed by atoms with Gasteiger partial charge in [-0.05, 0) is 24.3 Å². The third kappa shape index (κ3) is 2.54. The SMILES string of the molecule is Fc1ccc(-c2nc(Cn3cnc4cc(F)c(F)cc43)co2)cc1. The van der Waals surface area contributed by atoms with Crippen LogP contribution in [0.25, 0.3) is 22.5 Å². The quantitative estimate of drug-likeness (QED) is 0.567. The van der Waals surface area contributed by atoms with Gasteiger partial charge in [0.15, 0.2) is 11.6 Å². The van der Waals surface area contributed by atoms with Crippen LogP contribution >= 0.6 is 0 Å². The van der Waals surface area contributed by atoms with Gasteiger partial charge in [0.25, 0.3) is 0 Å². The minimum absolute atomic E-state index is 0.284. The number of hydrogen-bond acceptors (Lipinski definition) is 3. The molecule has 7 heteroatoms. The lowest BCUT2D eigenvalue weighted by Gasteiger charge is -2.01. The van der Waals surface area contributed by atoms with Crippen LogP contribution in [0.2, 0.25) is 0 Å². The molecule has 4 aromatic rings. The molecule has 0 radical (unpaired) electrons. The smallest absolute Gasteiger partial charge is 0.226 e. The van der Waals surface area contributed by atoms with Gasteiger partial charge in [-0.3, -0.25) is 0 Å². The summed E-state index contributed by atoms with van der Waals surface area (Å²) in [4.78, 5) is 8.37. The van der Waals surface area contributed by atoms with Crippen molar-refractivity contribution in [1.82, 2.24) is 14.5 Å². The fourth-order valence-corrected chi connectivity index (χ4v) is 2.46. The summed E-state index contributed by atoms with van der Waals surface area (Å²) in [6, 6.07) is 7.91. The molecule has 0 atom stereocenters. The topological polar surface area (TPSA) is 43.9 Å². The van der Waals surface area contributed by atoms with E-state index in [1.54, 1.807) is 16.7 Å². The highest BCUT2D eigenvalue weighted by Gasteiger charge is 2.12. The van der Waals surface area contributed by atoms with Crippen LogP contribution in [0.5, 0.6) is 0 Å². The number of benzene rings is 2. The molecule has 0 fully saturated rings. The average molecular weight is 329 g/mol. The van der Waals surface area contributed by atoms with E-state index in [-0.39, 0.29) is 12.4 Å². The van der Waals surface area contributed by atoms with E-state index in [0.29, 0.717) is 28.2 Å². The molecule has 0 unspecified atom stereocenters. The second-order valence-corrected chi connectivity index (χ2v) is 5.28. The number of hydrogen-bond donors (Lipinski definition) is 0. The van der Waals surface area contributed by atoms with Gasteiger partial charge in [-0.2, -0.15) is 0 Å². The molecule has 2 aromatic carbocycles. The molecule has 0 saturated carbocycles. The second-order valence-electron chi connectivity index (χ2n) is 5.28. The molecule has 4 nitrogen and oxygen atoms in total. The Labute approximate surface area is 134 Å². The molecule has 4 rings (SSSR count). The minimum Gasteiger partial charge on any atom is -0.444 e. The zero-order valence-corrected chi connectivity index (χ0v) is 12.2. The van der Waals surface area contributed by atoms with E-state index in [4.69, 9.17) is 4.42 Å². The molecule has 0 N–H and O–H groups in total. The highest BCUT2D eigenvalue weighted by Crippen LogP contribution is 2.21. The molecule has 0 aliphatic rings. The predicted molar refractivity (Wildman–Crippen MR) is 80.6 cm³/mol. The molecule has 0 saturated heterocycles. The minimum atomic E-state index is -0.937. The Bertz CT molecular complexity index is 1020. The standard InChI is InChI=1S/C17H10F3N3O/c18-11-3-1-10(2-4-11)17-22-12(8-24-17)7-23-9-21-15-5-13(19)14(20)6-16(15)23/h1-6,8-9H,7H2. The molecule has 2 heterocycles. The largest absolute Gasteiger partial charge is 0.444 e. The van der Waals surface area contributed by atoms with Crippen LogP contribution in [-0.2, 0) is 6.54 Å². The normalized spacial score (nSPS) is 11.3. The van der Waals surface area contributed by atoms with E-state index in [2.05, 4.69) is 9.97 Å². The highest BCUT2D eigenvalue weighted by molar-refractivity contribution is 5.75. The third-order valence-electron chi connectivity index (χ3n) is 3.64. The Morgan fingerprint density at radius 2 is 1.75 bits per heavy atom. The highest BCUT2D eigenvalue weighted by atomic mass is 19.2. The van der Waals surface area contributed by atoms with E-state index >= 15 is 0 Å². The van der Waals surface area contributed by atoms with Crippen molar-refractivity contribution in [3.63, 3.8) is 0 Å². The molecule has 0 amide bonds. The van der Waals surface area contributed by atoms with E-state index < -0.39 is 11.6 Å². The van der Waals surface area contributed by atoms with Crippen molar-refractivity contribution < 1.29 is 17.6 Å². The van der Waals surface area contributed by atoms with Crippen molar-refractivity contribution in [1.29, 1.82) is 0 Å². The molecule has 0 aliphatic heterocycles. The fraction of sp³-hybridized carbons (Fsp3) is 0.0588. The summed E-state index contributed by atoms with van der Waals surface area (Å²) in [7, 11) is 0. The van der Waals surface area contributed by atoms with Gasteiger partial charge in [0.1, 0.15) is 12.1 Å². The molecular formula is C17H10F3N3O. The number of fused-ring (bicyclic) bond motifs is 1. The molecular weight excluding hydrogens is 319 g/mol. The van der Waals surface area contributed by atoms with Gasteiger partial charge in [-0.15, -0.1) is 0 Å². The van der Waals surface area contributed by atoms with Crippen molar-refractivity contribution in [2.24, 2.45) is 0 Å². The number of oxazole rings is 1. The first kappa shape index (κ1) is 14.5. The lowest BCUT2D eigenvalue weighted by atomic mass is 10.2. The number of aromatic nitrogens is 3. The second kappa shape index (κ2) is 5.52. The van der Waals surface area contributed by atoms with Gasteiger partial charge >= 0.3 is 0 Å². The van der Waals surface area contributed by atoms with E-state index in [9.17, 15) is 13.2 Å². The first-order valence-corrected chi connectivity index (χ1v) is 7.10. The van der Waals surface area contributed by atoms with Gasteiger partial charge in [0.05, 0.1) is 29.6 Å². The van der Waals surface area contributed by atoms with Crippen molar-refractivity contribution >= 4 is 11.0 Å². The number of halogens is 3. The lowest BCUT2D eigenvalue weighted by molar-refractivity contribution is 0.510. The summed E-state index contributed by atoms with van der Waals surface area (Å²) >= 11 is 0. The van der Waals surface area contributed by atoms with Crippen LogP contribution < -0.4 is 0 Å². The summed E-state index contributed by atoms with van der Waals surface area (Å²) in [5.41, 5.74) is 2.04. The van der Waals surface area contributed by atoms with Gasteiger partial charge < -0.3 is 8.98 Å². The Balaban J connectivity index is 1.64. The van der Waals surface area contributed by atoms with Gasteiger partial charge in [-0.25, -0.2) is 23.1 Å². The zero-order valence-electron chi connectivity index (χ0n) is 12.2. The maximum Gasteiger partial charge on any atom is 0.226 e. The van der Waals surface area contributed by atoms with Crippen molar-refractivity contribution in [2.75, 3.05) is 0 Å². The monoisotopic (exact) mass is 329 g/mol. The van der Waals surface area contributed by atoms with E-state index in [1.807, 2.05) is 0 Å². The van der Waals surface area contributed by atoms with Gasteiger partial charge in [-0.1, -0.05) is 0 Å². The van der Waals surface area contributed by atoms with Crippen LogP contribution in [0, 0.1) is 17.5 Å². The molecule has 0 bridgehead atoms. The third-order valence-corrected chi connectivity index (χ3v) is 3.64. The van der Waals surface area contributed by atoms with Crippen LogP contribution in [0.4, 0.5) is 13.2 Å². The maximum absolute atomic E-state index is 13.4. The Morgan fingerprint density at radius 3 is 2.54 bits per heavy atom. The zero-order chi connectivity index (χ0) is 16.7. The van der Waals surface area contributed by atoms with E-state index in [0.717, 1.165) is 12.1 Å². The van der Waals surface area contributed by atoms with Crippen molar-refractivity contribution in [2.45, 2.75) is 6.54 Å². The summed E-state index contributed by atoms with van der Waals surface area (Å²) in [5.74, 6) is -1.86. The lowest BCUT2D eigenvalue weighted by Crippen LogP contribution is -1.99. The summed E-state index contributed by atoms with van der Waals surface area (Å²) in [6.45, 7) is 0.284. The van der Waals surface area contributed by atoms with E-state index in [1.165, 1.54) is 24.7 Å². The molecule has 2 aromatic heterocycles. The maximum atomic E-state index is 13.4. The molecule has 120 valence electrons. The van der Waals surface area contributed by atoms with Crippen molar-refractivity contribution in [3.05, 3.63) is 72.1 Å². The Kier molecular flexibility index (Phi) is 3.34. The predicted octanol–water partition coefficient (Wildman–Crippen LogP) is 4.16. The summed E-state index contributed by atoms with van der Waals surface area (Å²) < 4.78 is 46.6. The molecule has 24 heavy (non-hydrogen) atoms. The van der Waals surface area contributed by atoms with Crippen LogP contribution in [0.15, 0.2) is 53.4 Å². The average Bonchev–Trinajstić information content (AvgIpc) is 3.17. The van der Waals surface area contributed by atoms with Crippen LogP contribution in [0.1, 0.15) is 5.69 Å². The first-order chi connectivity index (χ1) is 11.6. The number of nitrogens with zero attached hydrogens (tertiary/aromatic N) is 3. The number of rotatable bonds is 3. The van der Waals surface area contributed by atoms with Crippen LogP contribution in [0.3, 0.4) is 0 Å². The summed E-state index contributed by atoms with van der Waals surface area (Å²) in [6.07, 6.45) is 2.94.